The van der Waals surface area contributed by atoms with Gasteiger partial charge in [-0.15, -0.1) is 6.42 Å². The zero-order valence-electron chi connectivity index (χ0n) is 24.8. The lowest BCUT2D eigenvalue weighted by Crippen LogP contribution is -2.54. The Balaban J connectivity index is 2.59. The number of terminal acetylenes is 1. The molecule has 0 bridgehead atoms. The van der Waals surface area contributed by atoms with Crippen LogP contribution >= 0.6 is 0 Å². The number of rotatable bonds is 13. The summed E-state index contributed by atoms with van der Waals surface area (Å²) in [7, 11) is 0. The highest BCUT2D eigenvalue weighted by atomic mass is 16.6. The summed E-state index contributed by atoms with van der Waals surface area (Å²) in [5.74, 6) is 2.00. The van der Waals surface area contributed by atoms with Gasteiger partial charge in [0.2, 0.25) is 11.8 Å². The largest absolute Gasteiger partial charge is 0.444 e. The minimum Gasteiger partial charge on any atom is -0.444 e. The Hall–Kier alpha value is -3.79. The highest BCUT2D eigenvalue weighted by molar-refractivity contribution is 5.92. The van der Waals surface area contributed by atoms with E-state index in [0.29, 0.717) is 24.1 Å². The first kappa shape index (κ1) is 32.4. The van der Waals surface area contributed by atoms with Crippen molar-refractivity contribution in [3.05, 3.63) is 71.3 Å². The van der Waals surface area contributed by atoms with Crippen LogP contribution in [0.25, 0.3) is 0 Å². The summed E-state index contributed by atoms with van der Waals surface area (Å²) in [5, 5.41) is 5.88. The van der Waals surface area contributed by atoms with Gasteiger partial charge < -0.3 is 20.3 Å². The molecule has 0 saturated heterocycles. The van der Waals surface area contributed by atoms with Crippen LogP contribution < -0.4 is 10.6 Å². The van der Waals surface area contributed by atoms with Crippen LogP contribution in [0.3, 0.4) is 0 Å². The van der Waals surface area contributed by atoms with Gasteiger partial charge in [-0.2, -0.15) is 0 Å². The standard InChI is InChI=1S/C33H45N3O4/c1-8-11-22-36(29(30(37)34-24(4)17-9-2)27-21-16-15-20-26(27)10-3)31(38)28(23-25-18-13-12-14-19-25)35-32(39)40-33(5,6)7/h3,12-16,18-21,24,28-29H,8-9,11,17,22-23H2,1-2,4-7H3,(H,34,37)(H,35,39). The number of hydrogen-bond donors (Lipinski definition) is 2. The zero-order chi connectivity index (χ0) is 29.7. The summed E-state index contributed by atoms with van der Waals surface area (Å²) in [6.45, 7) is 11.6. The molecule has 40 heavy (non-hydrogen) atoms. The number of nitrogens with zero attached hydrogens (tertiary/aromatic N) is 1. The van der Waals surface area contributed by atoms with Crippen molar-refractivity contribution in [1.29, 1.82) is 0 Å². The van der Waals surface area contributed by atoms with E-state index in [1.165, 1.54) is 0 Å². The molecular weight excluding hydrogens is 502 g/mol. The molecule has 0 radical (unpaired) electrons. The Morgan fingerprint density at radius 1 is 0.975 bits per heavy atom. The fourth-order valence-corrected chi connectivity index (χ4v) is 4.54. The molecular formula is C33H45N3O4. The molecule has 3 atom stereocenters. The van der Waals surface area contributed by atoms with Crippen LogP contribution in [-0.2, 0) is 20.7 Å². The van der Waals surface area contributed by atoms with Gasteiger partial charge in [-0.1, -0.05) is 81.1 Å². The Bertz CT molecular complexity index is 1150. The molecule has 2 rings (SSSR count). The number of amides is 3. The Labute approximate surface area is 240 Å². The van der Waals surface area contributed by atoms with Crippen LogP contribution in [0.4, 0.5) is 4.79 Å². The van der Waals surface area contributed by atoms with Gasteiger partial charge >= 0.3 is 6.09 Å². The number of carbonyl (C=O) groups excluding carboxylic acids is 3. The molecule has 2 aromatic carbocycles. The van der Waals surface area contributed by atoms with Gasteiger partial charge in [0.05, 0.1) is 0 Å². The lowest BCUT2D eigenvalue weighted by atomic mass is 9.96. The van der Waals surface area contributed by atoms with Crippen molar-refractivity contribution >= 4 is 17.9 Å². The summed E-state index contributed by atoms with van der Waals surface area (Å²) in [6.07, 6.45) is 8.57. The van der Waals surface area contributed by atoms with Crippen LogP contribution in [-0.4, -0.2) is 47.0 Å². The number of carbonyl (C=O) groups is 3. The number of alkyl carbamates (subject to hydrolysis) is 1. The van der Waals surface area contributed by atoms with Crippen molar-refractivity contribution in [2.45, 2.75) is 97.4 Å². The summed E-state index contributed by atoms with van der Waals surface area (Å²) in [6, 6.07) is 14.6. The number of ether oxygens (including phenoxy) is 1. The topological polar surface area (TPSA) is 87.7 Å². The van der Waals surface area contributed by atoms with Crippen molar-refractivity contribution in [3.63, 3.8) is 0 Å². The lowest BCUT2D eigenvalue weighted by molar-refractivity contribution is -0.142. The van der Waals surface area contributed by atoms with Crippen molar-refractivity contribution in [2.75, 3.05) is 6.54 Å². The molecule has 0 aromatic heterocycles. The van der Waals surface area contributed by atoms with Crippen LogP contribution in [0.2, 0.25) is 0 Å². The third kappa shape index (κ3) is 10.1. The maximum atomic E-state index is 14.4. The second kappa shape index (κ2) is 15.7. The van der Waals surface area contributed by atoms with Gasteiger partial charge in [0.1, 0.15) is 17.7 Å². The van der Waals surface area contributed by atoms with E-state index in [4.69, 9.17) is 11.2 Å². The molecule has 0 saturated carbocycles. The summed E-state index contributed by atoms with van der Waals surface area (Å²) >= 11 is 0. The molecule has 7 nitrogen and oxygen atoms in total. The molecule has 0 aliphatic heterocycles. The van der Waals surface area contributed by atoms with Crippen LogP contribution in [0.15, 0.2) is 54.6 Å². The SMILES string of the molecule is C#Cc1ccccc1C(C(=O)NC(C)CCC)N(CCCC)C(=O)C(Cc1ccccc1)NC(=O)OC(C)(C)C. The predicted molar refractivity (Wildman–Crippen MR) is 160 cm³/mol. The second-order valence-electron chi connectivity index (χ2n) is 11.1. The van der Waals surface area contributed by atoms with E-state index in [1.54, 1.807) is 37.8 Å². The molecule has 0 aliphatic carbocycles. The average Bonchev–Trinajstić information content (AvgIpc) is 2.90. The molecule has 0 heterocycles. The van der Waals surface area contributed by atoms with Crippen LogP contribution in [0.5, 0.6) is 0 Å². The molecule has 2 aromatic rings. The zero-order valence-corrected chi connectivity index (χ0v) is 24.8. The van der Waals surface area contributed by atoms with E-state index in [9.17, 15) is 14.4 Å². The van der Waals surface area contributed by atoms with Crippen molar-refractivity contribution in [2.24, 2.45) is 0 Å². The highest BCUT2D eigenvalue weighted by Crippen LogP contribution is 2.27. The lowest BCUT2D eigenvalue weighted by Gasteiger charge is -2.35. The number of benzene rings is 2. The van der Waals surface area contributed by atoms with E-state index in [-0.39, 0.29) is 24.3 Å². The molecule has 216 valence electrons. The quantitative estimate of drug-likeness (QED) is 0.311. The number of unbranched alkanes of at least 4 members (excludes halogenated alkanes) is 1. The molecule has 2 N–H and O–H groups in total. The van der Waals surface area contributed by atoms with Gasteiger partial charge in [-0.05, 0) is 57.7 Å². The maximum Gasteiger partial charge on any atom is 0.408 e. The van der Waals surface area contributed by atoms with Crippen LogP contribution in [0.1, 0.15) is 90.0 Å². The van der Waals surface area contributed by atoms with Gasteiger partial charge in [0.25, 0.3) is 0 Å². The first-order chi connectivity index (χ1) is 19.0. The fourth-order valence-electron chi connectivity index (χ4n) is 4.54. The summed E-state index contributed by atoms with van der Waals surface area (Å²) in [4.78, 5) is 42.8. The molecule has 0 fully saturated rings. The Kier molecular flexibility index (Phi) is 12.7. The Morgan fingerprint density at radius 2 is 1.62 bits per heavy atom. The molecule has 0 aliphatic rings. The third-order valence-electron chi connectivity index (χ3n) is 6.39. The normalized spacial score (nSPS) is 13.3. The molecule has 0 spiro atoms. The van der Waals surface area contributed by atoms with Gasteiger partial charge in [-0.25, -0.2) is 4.79 Å². The molecule has 3 unspecified atom stereocenters. The van der Waals surface area contributed by atoms with Gasteiger partial charge in [-0.3, -0.25) is 9.59 Å². The number of nitrogens with one attached hydrogen (secondary N) is 2. The van der Waals surface area contributed by atoms with Gasteiger partial charge in [0.15, 0.2) is 0 Å². The smallest absolute Gasteiger partial charge is 0.408 e. The minimum atomic E-state index is -0.968. The van der Waals surface area contributed by atoms with E-state index in [1.807, 2.05) is 56.3 Å². The van der Waals surface area contributed by atoms with Crippen molar-refractivity contribution < 1.29 is 19.1 Å². The molecule has 3 amide bonds. The Morgan fingerprint density at radius 3 is 2.23 bits per heavy atom. The van der Waals surface area contributed by atoms with Crippen LogP contribution in [0, 0.1) is 12.3 Å². The third-order valence-corrected chi connectivity index (χ3v) is 6.39. The first-order valence-electron chi connectivity index (χ1n) is 14.2. The maximum absolute atomic E-state index is 14.4. The number of hydrogen-bond acceptors (Lipinski definition) is 4. The van der Waals surface area contributed by atoms with E-state index in [0.717, 1.165) is 24.8 Å². The van der Waals surface area contributed by atoms with E-state index >= 15 is 0 Å². The van der Waals surface area contributed by atoms with Crippen molar-refractivity contribution in [1.82, 2.24) is 15.5 Å². The summed E-state index contributed by atoms with van der Waals surface area (Å²) in [5.41, 5.74) is 1.25. The summed E-state index contributed by atoms with van der Waals surface area (Å²) < 4.78 is 5.50. The second-order valence-corrected chi connectivity index (χ2v) is 11.1. The van der Waals surface area contributed by atoms with E-state index in [2.05, 4.69) is 23.5 Å². The monoisotopic (exact) mass is 547 g/mol. The molecule has 7 heteroatoms. The average molecular weight is 548 g/mol. The van der Waals surface area contributed by atoms with Gasteiger partial charge in [0, 0.05) is 24.6 Å². The minimum absolute atomic E-state index is 0.0823. The van der Waals surface area contributed by atoms with E-state index < -0.39 is 23.8 Å². The predicted octanol–water partition coefficient (Wildman–Crippen LogP) is 5.78. The highest BCUT2D eigenvalue weighted by Gasteiger charge is 2.37. The first-order valence-corrected chi connectivity index (χ1v) is 14.2. The van der Waals surface area contributed by atoms with Crippen molar-refractivity contribution in [3.8, 4) is 12.3 Å². The fraction of sp³-hybridized carbons (Fsp3) is 0.485.